The molecule has 0 aliphatic rings. The van der Waals surface area contributed by atoms with Gasteiger partial charge in [-0.2, -0.15) is 5.10 Å². The molecule has 0 aromatic carbocycles. The second-order valence-electron chi connectivity index (χ2n) is 4.06. The van der Waals surface area contributed by atoms with Crippen LogP contribution in [0.15, 0.2) is 12.3 Å². The number of hydrogen-bond donors (Lipinski definition) is 2. The van der Waals surface area contributed by atoms with Crippen molar-refractivity contribution < 1.29 is 4.79 Å². The zero-order chi connectivity index (χ0) is 14.7. The average Bonchev–Trinajstić information content (AvgIpc) is 2.43. The van der Waals surface area contributed by atoms with E-state index in [-0.39, 0.29) is 16.5 Å². The minimum atomic E-state index is -0.418. The van der Waals surface area contributed by atoms with E-state index < -0.39 is 5.91 Å². The van der Waals surface area contributed by atoms with Crippen LogP contribution in [0.5, 0.6) is 0 Å². The van der Waals surface area contributed by atoms with Crippen LogP contribution in [0.1, 0.15) is 21.7 Å². The molecule has 7 nitrogen and oxygen atoms in total. The van der Waals surface area contributed by atoms with Gasteiger partial charge in [0.1, 0.15) is 5.82 Å². The standard InChI is InChI=1S/C12H13ClN6O/c1-6-7(2)18-19-12(16-6)17-11(20)8-4-10(14-3)15-5-9(8)13/h4-5H,1-3H3,(H,14,15)(H,16,17,19,20). The normalized spacial score (nSPS) is 10.2. The van der Waals surface area contributed by atoms with Crippen LogP contribution in [0, 0.1) is 13.8 Å². The number of aryl methyl sites for hydroxylation is 2. The fourth-order valence-corrected chi connectivity index (χ4v) is 1.62. The van der Waals surface area contributed by atoms with Crippen molar-refractivity contribution in [3.05, 3.63) is 34.2 Å². The van der Waals surface area contributed by atoms with Crippen LogP contribution in [0.3, 0.4) is 0 Å². The summed E-state index contributed by atoms with van der Waals surface area (Å²) in [5.74, 6) is 0.259. The maximum Gasteiger partial charge on any atom is 0.259 e. The molecular weight excluding hydrogens is 280 g/mol. The van der Waals surface area contributed by atoms with Gasteiger partial charge < -0.3 is 5.32 Å². The molecule has 2 rings (SSSR count). The molecule has 0 saturated carbocycles. The molecule has 20 heavy (non-hydrogen) atoms. The number of nitrogens with one attached hydrogen (secondary N) is 2. The number of rotatable bonds is 3. The third-order valence-electron chi connectivity index (χ3n) is 2.67. The molecule has 0 aliphatic heterocycles. The number of pyridine rings is 1. The van der Waals surface area contributed by atoms with Crippen molar-refractivity contribution in [2.45, 2.75) is 13.8 Å². The molecular formula is C12H13ClN6O. The van der Waals surface area contributed by atoms with E-state index in [1.54, 1.807) is 27.0 Å². The van der Waals surface area contributed by atoms with Crippen molar-refractivity contribution in [3.8, 4) is 0 Å². The van der Waals surface area contributed by atoms with Crippen LogP contribution < -0.4 is 10.6 Å². The summed E-state index contributed by atoms with van der Waals surface area (Å²) in [6.45, 7) is 3.58. The second-order valence-corrected chi connectivity index (χ2v) is 4.47. The van der Waals surface area contributed by atoms with E-state index in [2.05, 4.69) is 30.8 Å². The Morgan fingerprint density at radius 3 is 2.65 bits per heavy atom. The first-order valence-corrected chi connectivity index (χ1v) is 6.21. The van der Waals surface area contributed by atoms with E-state index in [1.807, 2.05) is 0 Å². The highest BCUT2D eigenvalue weighted by molar-refractivity contribution is 6.34. The summed E-state index contributed by atoms with van der Waals surface area (Å²) in [6, 6.07) is 1.55. The van der Waals surface area contributed by atoms with Gasteiger partial charge in [-0.25, -0.2) is 9.97 Å². The second kappa shape index (κ2) is 5.79. The average molecular weight is 293 g/mol. The largest absolute Gasteiger partial charge is 0.373 e. The van der Waals surface area contributed by atoms with Gasteiger partial charge in [0.05, 0.1) is 22.0 Å². The lowest BCUT2D eigenvalue weighted by atomic mass is 10.2. The Morgan fingerprint density at radius 1 is 1.25 bits per heavy atom. The van der Waals surface area contributed by atoms with Crippen molar-refractivity contribution in [1.82, 2.24) is 20.2 Å². The van der Waals surface area contributed by atoms with Crippen LogP contribution in [0.25, 0.3) is 0 Å². The quantitative estimate of drug-likeness (QED) is 0.896. The van der Waals surface area contributed by atoms with Gasteiger partial charge in [-0.05, 0) is 19.9 Å². The highest BCUT2D eigenvalue weighted by Crippen LogP contribution is 2.18. The van der Waals surface area contributed by atoms with Crippen LogP contribution in [-0.2, 0) is 0 Å². The molecule has 0 atom stereocenters. The molecule has 2 aromatic rings. The molecule has 0 spiro atoms. The highest BCUT2D eigenvalue weighted by Gasteiger charge is 2.14. The van der Waals surface area contributed by atoms with E-state index in [1.165, 1.54) is 6.20 Å². The predicted molar refractivity (Wildman–Crippen MR) is 76.0 cm³/mol. The van der Waals surface area contributed by atoms with E-state index in [4.69, 9.17) is 11.6 Å². The van der Waals surface area contributed by atoms with E-state index in [9.17, 15) is 4.79 Å². The van der Waals surface area contributed by atoms with Crippen molar-refractivity contribution in [3.63, 3.8) is 0 Å². The fraction of sp³-hybridized carbons (Fsp3) is 0.250. The van der Waals surface area contributed by atoms with Crippen LogP contribution in [0.4, 0.5) is 11.8 Å². The van der Waals surface area contributed by atoms with Crippen molar-refractivity contribution in [2.24, 2.45) is 0 Å². The van der Waals surface area contributed by atoms with E-state index >= 15 is 0 Å². The molecule has 0 fully saturated rings. The molecule has 0 radical (unpaired) electrons. The van der Waals surface area contributed by atoms with Gasteiger partial charge in [0.25, 0.3) is 5.91 Å². The Kier molecular flexibility index (Phi) is 4.09. The van der Waals surface area contributed by atoms with Crippen LogP contribution in [0.2, 0.25) is 5.02 Å². The molecule has 2 aromatic heterocycles. The summed E-state index contributed by atoms with van der Waals surface area (Å²) in [6.07, 6.45) is 1.40. The van der Waals surface area contributed by atoms with Gasteiger partial charge in [0.15, 0.2) is 0 Å². The number of nitrogens with zero attached hydrogens (tertiary/aromatic N) is 4. The van der Waals surface area contributed by atoms with Crippen molar-refractivity contribution in [1.29, 1.82) is 0 Å². The summed E-state index contributed by atoms with van der Waals surface area (Å²) in [7, 11) is 1.70. The van der Waals surface area contributed by atoms with Gasteiger partial charge >= 0.3 is 0 Å². The summed E-state index contributed by atoms with van der Waals surface area (Å²) in [5.41, 5.74) is 1.70. The third kappa shape index (κ3) is 3.00. The summed E-state index contributed by atoms with van der Waals surface area (Å²) in [5, 5.41) is 13.3. The zero-order valence-corrected chi connectivity index (χ0v) is 12.0. The molecule has 1 amide bonds. The Hall–Kier alpha value is -2.28. The number of hydrogen-bond acceptors (Lipinski definition) is 6. The van der Waals surface area contributed by atoms with Gasteiger partial charge in [-0.1, -0.05) is 11.6 Å². The van der Waals surface area contributed by atoms with Crippen LogP contribution >= 0.6 is 11.6 Å². The smallest absolute Gasteiger partial charge is 0.259 e. The SMILES string of the molecule is CNc1cc(C(=O)Nc2nnc(C)c(C)n2)c(Cl)cn1. The monoisotopic (exact) mass is 292 g/mol. The van der Waals surface area contributed by atoms with Crippen molar-refractivity contribution in [2.75, 3.05) is 17.7 Å². The van der Waals surface area contributed by atoms with Gasteiger partial charge in [-0.15, -0.1) is 5.10 Å². The Morgan fingerprint density at radius 2 is 2.00 bits per heavy atom. The molecule has 104 valence electrons. The number of carbonyl (C=O) groups excluding carboxylic acids is 1. The lowest BCUT2D eigenvalue weighted by Gasteiger charge is -2.07. The maximum absolute atomic E-state index is 12.1. The summed E-state index contributed by atoms with van der Waals surface area (Å²) >= 11 is 5.96. The first-order valence-electron chi connectivity index (χ1n) is 5.84. The first kappa shape index (κ1) is 14.1. The fourth-order valence-electron chi connectivity index (χ4n) is 1.43. The first-order chi connectivity index (χ1) is 9.51. The van der Waals surface area contributed by atoms with Gasteiger partial charge in [0.2, 0.25) is 5.95 Å². The molecule has 2 heterocycles. The number of halogens is 1. The van der Waals surface area contributed by atoms with Gasteiger partial charge in [0, 0.05) is 13.2 Å². The number of aromatic nitrogens is 4. The number of amides is 1. The third-order valence-corrected chi connectivity index (χ3v) is 2.97. The minimum absolute atomic E-state index is 0.136. The van der Waals surface area contributed by atoms with Crippen LogP contribution in [-0.4, -0.2) is 33.1 Å². The number of anilines is 2. The molecule has 0 saturated heterocycles. The lowest BCUT2D eigenvalue weighted by Crippen LogP contribution is -2.16. The van der Waals surface area contributed by atoms with E-state index in [0.29, 0.717) is 17.2 Å². The Labute approximate surface area is 120 Å². The topological polar surface area (TPSA) is 92.7 Å². The Balaban J connectivity index is 2.25. The summed E-state index contributed by atoms with van der Waals surface area (Å²) in [4.78, 5) is 20.3. The van der Waals surface area contributed by atoms with Crippen molar-refractivity contribution >= 4 is 29.3 Å². The molecule has 0 aliphatic carbocycles. The predicted octanol–water partition coefficient (Wildman–Crippen LogP) is 1.83. The molecule has 2 N–H and O–H groups in total. The van der Waals surface area contributed by atoms with E-state index in [0.717, 1.165) is 0 Å². The molecule has 0 unspecified atom stereocenters. The molecule has 0 bridgehead atoms. The maximum atomic E-state index is 12.1. The minimum Gasteiger partial charge on any atom is -0.373 e. The zero-order valence-electron chi connectivity index (χ0n) is 11.2. The number of carbonyl (C=O) groups is 1. The lowest BCUT2D eigenvalue weighted by molar-refractivity contribution is 0.102. The highest BCUT2D eigenvalue weighted by atomic mass is 35.5. The van der Waals surface area contributed by atoms with Gasteiger partial charge in [-0.3, -0.25) is 10.1 Å². The Bertz CT molecular complexity index is 660. The summed E-state index contributed by atoms with van der Waals surface area (Å²) < 4.78 is 0. The molecule has 8 heteroatoms.